The molecule has 0 fully saturated rings. The number of nitrogens with one attached hydrogen (secondary N) is 1. The highest BCUT2D eigenvalue weighted by Gasteiger charge is 2.24. The second-order valence-electron chi connectivity index (χ2n) is 2.99. The Kier molecular flexibility index (Phi) is 8.32. The van der Waals surface area contributed by atoms with Crippen LogP contribution in [0.25, 0.3) is 0 Å². The number of rotatable bonds is 8. The number of hydrogen-bond donors (Lipinski definition) is 1. The summed E-state index contributed by atoms with van der Waals surface area (Å²) in [6, 6.07) is 0. The Balaban J connectivity index is 4.10. The Hall–Kier alpha value is 0.120. The highest BCUT2D eigenvalue weighted by molar-refractivity contribution is 8.55. The van der Waals surface area contributed by atoms with E-state index in [1.54, 1.807) is 6.92 Å². The number of carbonyl (C=O) groups excluding carboxylic acids is 1. The summed E-state index contributed by atoms with van der Waals surface area (Å²) in [4.78, 5) is 11.2. The van der Waals surface area contributed by atoms with Crippen LogP contribution in [0, 0.1) is 0 Å². The zero-order valence-electron chi connectivity index (χ0n) is 10.3. The summed E-state index contributed by atoms with van der Waals surface area (Å²) in [7, 11) is 2.78. The molecule has 6 nitrogen and oxygen atoms in total. The van der Waals surface area contributed by atoms with Gasteiger partial charge in [0.15, 0.2) is 0 Å². The fraction of sp³-hybridized carbons (Fsp3) is 0.875. The second-order valence-corrected chi connectivity index (χ2v) is 9.27. The van der Waals surface area contributed by atoms with Crippen molar-refractivity contribution in [3.05, 3.63) is 0 Å². The van der Waals surface area contributed by atoms with Gasteiger partial charge in [0.1, 0.15) is 5.25 Å². The molecule has 1 N–H and O–H groups in total. The molecule has 0 bridgehead atoms. The molecule has 0 aliphatic carbocycles. The molecule has 102 valence electrons. The van der Waals surface area contributed by atoms with Crippen LogP contribution < -0.4 is 5.32 Å². The summed E-state index contributed by atoms with van der Waals surface area (Å²) in [6.07, 6.45) is 0. The molecule has 0 aromatic heterocycles. The van der Waals surface area contributed by atoms with Crippen molar-refractivity contribution in [3.8, 4) is 0 Å². The maximum atomic E-state index is 11.7. The van der Waals surface area contributed by atoms with Gasteiger partial charge in [-0.1, -0.05) is 0 Å². The van der Waals surface area contributed by atoms with E-state index in [2.05, 4.69) is 5.32 Å². The van der Waals surface area contributed by atoms with E-state index in [1.807, 2.05) is 0 Å². The lowest BCUT2D eigenvalue weighted by Gasteiger charge is -2.13. The third-order valence-electron chi connectivity index (χ3n) is 1.99. The quantitative estimate of drug-likeness (QED) is 0.674. The summed E-state index contributed by atoms with van der Waals surface area (Å²) < 4.78 is 32.7. The van der Waals surface area contributed by atoms with E-state index in [0.717, 1.165) is 11.4 Å². The number of amides is 1. The zero-order chi connectivity index (χ0) is 13.5. The molecule has 9 heteroatoms. The van der Waals surface area contributed by atoms with Crippen LogP contribution in [0.15, 0.2) is 0 Å². The van der Waals surface area contributed by atoms with Gasteiger partial charge in [0, 0.05) is 43.6 Å². The van der Waals surface area contributed by atoms with Gasteiger partial charge in [0.25, 0.3) is 0 Å². The van der Waals surface area contributed by atoms with Gasteiger partial charge < -0.3 is 14.4 Å². The van der Waals surface area contributed by atoms with E-state index in [9.17, 15) is 13.6 Å². The molecule has 0 radical (unpaired) electrons. The van der Waals surface area contributed by atoms with Gasteiger partial charge in [0.05, 0.1) is 0 Å². The molecule has 17 heavy (non-hydrogen) atoms. The van der Waals surface area contributed by atoms with E-state index in [1.165, 1.54) is 21.3 Å². The first kappa shape index (κ1) is 17.1. The highest BCUT2D eigenvalue weighted by atomic mass is 32.7. The van der Waals surface area contributed by atoms with Gasteiger partial charge in [-0.25, -0.2) is 4.57 Å². The fourth-order valence-electron chi connectivity index (χ4n) is 0.911. The summed E-state index contributed by atoms with van der Waals surface area (Å²) in [6.45, 7) is -1.53. The Morgan fingerprint density at radius 1 is 1.47 bits per heavy atom. The van der Waals surface area contributed by atoms with Crippen molar-refractivity contribution >= 4 is 34.9 Å². The lowest BCUT2D eigenvalue weighted by atomic mass is 10.4. The maximum absolute atomic E-state index is 11.7. The third kappa shape index (κ3) is 6.01. The maximum Gasteiger partial charge on any atom is 0.388 e. The minimum atomic E-state index is -3.12. The summed E-state index contributed by atoms with van der Waals surface area (Å²) in [5.41, 5.74) is 0. The fourth-order valence-corrected chi connectivity index (χ4v) is 5.13. The van der Waals surface area contributed by atoms with E-state index >= 15 is 0 Å². The molecular weight excluding hydrogens is 285 g/mol. The standard InChI is InChI=1S/C8H18NO5PS2/c1-7(8(10)9-2)17(12)6-5-16-15(11,13-3)14-4/h7H,5-6H2,1-4H3,(H,9,10)/t7-,17-/m1/s1. The van der Waals surface area contributed by atoms with Crippen molar-refractivity contribution in [2.24, 2.45) is 0 Å². The Morgan fingerprint density at radius 2 is 2.00 bits per heavy atom. The smallest absolute Gasteiger partial charge is 0.358 e. The second kappa shape index (κ2) is 8.26. The average molecular weight is 303 g/mol. The molecule has 1 amide bonds. The first-order valence-electron chi connectivity index (χ1n) is 4.85. The molecule has 0 aliphatic rings. The van der Waals surface area contributed by atoms with E-state index < -0.39 is 22.8 Å². The van der Waals surface area contributed by atoms with Crippen LogP contribution in [0.2, 0.25) is 0 Å². The van der Waals surface area contributed by atoms with Crippen LogP contribution in [0.3, 0.4) is 0 Å². The molecular formula is C8H18NO5PS2. The Labute approximate surface area is 108 Å². The van der Waals surface area contributed by atoms with E-state index in [-0.39, 0.29) is 11.7 Å². The lowest BCUT2D eigenvalue weighted by Crippen LogP contribution is -2.34. The minimum absolute atomic E-state index is 0.260. The normalized spacial score (nSPS) is 15.3. The predicted octanol–water partition coefficient (Wildman–Crippen LogP) is 1.00. The Bertz CT molecular complexity index is 317. The number of hydrogen-bond acceptors (Lipinski definition) is 6. The van der Waals surface area contributed by atoms with Crippen molar-refractivity contribution < 1.29 is 22.6 Å². The zero-order valence-corrected chi connectivity index (χ0v) is 12.8. The molecule has 0 aliphatic heterocycles. The monoisotopic (exact) mass is 303 g/mol. The Morgan fingerprint density at radius 3 is 2.41 bits per heavy atom. The van der Waals surface area contributed by atoms with E-state index in [0.29, 0.717) is 5.75 Å². The van der Waals surface area contributed by atoms with Crippen LogP contribution >= 0.6 is 18.2 Å². The largest absolute Gasteiger partial charge is 0.388 e. The van der Waals surface area contributed by atoms with Crippen LogP contribution in [-0.4, -0.2) is 48.1 Å². The van der Waals surface area contributed by atoms with Crippen LogP contribution in [0.4, 0.5) is 0 Å². The van der Waals surface area contributed by atoms with Crippen LogP contribution in [0.1, 0.15) is 6.92 Å². The predicted molar refractivity (Wildman–Crippen MR) is 70.6 cm³/mol. The summed E-state index contributed by atoms with van der Waals surface area (Å²) >= 11 is 0.975. The van der Waals surface area contributed by atoms with Crippen molar-refractivity contribution in [1.29, 1.82) is 0 Å². The first-order chi connectivity index (χ1) is 7.90. The van der Waals surface area contributed by atoms with Crippen molar-refractivity contribution in [2.45, 2.75) is 12.2 Å². The molecule has 0 saturated heterocycles. The summed E-state index contributed by atoms with van der Waals surface area (Å²) in [5.74, 6) is 0.332. The minimum Gasteiger partial charge on any atom is -0.358 e. The molecule has 0 rings (SSSR count). The molecule has 0 heterocycles. The van der Waals surface area contributed by atoms with Gasteiger partial charge in [-0.15, -0.1) is 0 Å². The van der Waals surface area contributed by atoms with Crippen molar-refractivity contribution in [2.75, 3.05) is 32.8 Å². The van der Waals surface area contributed by atoms with Gasteiger partial charge >= 0.3 is 6.80 Å². The van der Waals surface area contributed by atoms with Crippen LogP contribution in [0.5, 0.6) is 0 Å². The SMILES string of the molecule is CNC(=O)[C@@H](C)[S@](=O)CCSP(=O)(OC)OC. The molecule has 0 aromatic rings. The van der Waals surface area contributed by atoms with Crippen molar-refractivity contribution in [3.63, 3.8) is 0 Å². The first-order valence-corrected chi connectivity index (χ1v) is 9.36. The van der Waals surface area contributed by atoms with E-state index in [4.69, 9.17) is 9.05 Å². The molecule has 0 unspecified atom stereocenters. The van der Waals surface area contributed by atoms with Gasteiger partial charge in [-0.3, -0.25) is 9.00 Å². The van der Waals surface area contributed by atoms with Gasteiger partial charge in [-0.05, 0) is 18.3 Å². The summed E-state index contributed by atoms with van der Waals surface area (Å²) in [5, 5.41) is 1.85. The highest BCUT2D eigenvalue weighted by Crippen LogP contribution is 2.59. The lowest BCUT2D eigenvalue weighted by molar-refractivity contribution is -0.119. The molecule has 0 spiro atoms. The van der Waals surface area contributed by atoms with Gasteiger partial charge in [-0.2, -0.15) is 0 Å². The number of carbonyl (C=O) groups is 1. The van der Waals surface area contributed by atoms with Gasteiger partial charge in [0.2, 0.25) is 5.91 Å². The van der Waals surface area contributed by atoms with Crippen molar-refractivity contribution in [1.82, 2.24) is 5.32 Å². The molecule has 0 aromatic carbocycles. The van der Waals surface area contributed by atoms with Crippen LogP contribution in [-0.2, 0) is 29.2 Å². The topological polar surface area (TPSA) is 81.7 Å². The average Bonchev–Trinajstić information content (AvgIpc) is 2.36. The molecule has 2 atom stereocenters. The third-order valence-corrected chi connectivity index (χ3v) is 7.85. The molecule has 0 saturated carbocycles.